The second kappa shape index (κ2) is 7.34. The molecule has 24 heavy (non-hydrogen) atoms. The molecule has 1 aromatic rings. The van der Waals surface area contributed by atoms with Crippen LogP contribution in [0.2, 0.25) is 0 Å². The molecule has 0 bridgehead atoms. The van der Waals surface area contributed by atoms with Gasteiger partial charge in [0.05, 0.1) is 30.4 Å². The summed E-state index contributed by atoms with van der Waals surface area (Å²) in [6.07, 6.45) is 6.13. The second-order valence-corrected chi connectivity index (χ2v) is 7.46. The van der Waals surface area contributed by atoms with E-state index in [4.69, 9.17) is 4.99 Å². The first-order valence-electron chi connectivity index (χ1n) is 9.57. The Labute approximate surface area is 145 Å². The lowest BCUT2D eigenvalue weighted by atomic mass is 10.1. The largest absolute Gasteiger partial charge is 0.394 e. The minimum atomic E-state index is 0.0000983. The zero-order valence-electron chi connectivity index (χ0n) is 14.5. The van der Waals surface area contributed by atoms with Crippen LogP contribution in [0.5, 0.6) is 0 Å². The predicted octanol–water partition coefficient (Wildman–Crippen LogP) is 1.97. The third-order valence-corrected chi connectivity index (χ3v) is 5.72. The molecule has 130 valence electrons. The van der Waals surface area contributed by atoms with Crippen molar-refractivity contribution in [1.29, 1.82) is 0 Å². The monoisotopic (exact) mass is 327 g/mol. The third kappa shape index (κ3) is 3.41. The van der Waals surface area contributed by atoms with Gasteiger partial charge in [-0.05, 0) is 63.8 Å². The van der Waals surface area contributed by atoms with Crippen LogP contribution in [0.15, 0.2) is 35.3 Å². The van der Waals surface area contributed by atoms with Crippen molar-refractivity contribution in [2.24, 2.45) is 4.99 Å². The van der Waals surface area contributed by atoms with Crippen LogP contribution >= 0.6 is 0 Å². The number of aliphatic hydroxyl groups is 1. The summed E-state index contributed by atoms with van der Waals surface area (Å²) in [5.41, 5.74) is 2.60. The topological polar surface area (TPSA) is 39.1 Å². The zero-order valence-corrected chi connectivity index (χ0v) is 14.5. The average molecular weight is 327 g/mol. The fraction of sp³-hybridized carbons (Fsp3) is 0.650. The molecule has 0 aromatic heterocycles. The van der Waals surface area contributed by atoms with E-state index >= 15 is 0 Å². The van der Waals surface area contributed by atoms with Crippen molar-refractivity contribution in [3.8, 4) is 0 Å². The van der Waals surface area contributed by atoms with E-state index < -0.39 is 0 Å². The van der Waals surface area contributed by atoms with Crippen LogP contribution < -0.4 is 0 Å². The Balaban J connectivity index is 1.49. The highest BCUT2D eigenvalue weighted by Gasteiger charge is 2.54. The van der Waals surface area contributed by atoms with Gasteiger partial charge in [0, 0.05) is 0 Å². The van der Waals surface area contributed by atoms with E-state index in [1.54, 1.807) is 0 Å². The van der Waals surface area contributed by atoms with Crippen molar-refractivity contribution in [1.82, 2.24) is 9.80 Å². The number of nitrogens with zero attached hydrogens (tertiary/aromatic N) is 3. The predicted molar refractivity (Wildman–Crippen MR) is 97.6 cm³/mol. The normalized spacial score (nSPS) is 29.1. The van der Waals surface area contributed by atoms with E-state index in [9.17, 15) is 5.11 Å². The van der Waals surface area contributed by atoms with Gasteiger partial charge in [-0.15, -0.1) is 0 Å². The number of aliphatic imine (C=N–C) groups is 1. The minimum Gasteiger partial charge on any atom is -0.394 e. The summed E-state index contributed by atoms with van der Waals surface area (Å²) in [5, 5.41) is 9.83. The second-order valence-electron chi connectivity index (χ2n) is 7.46. The molecule has 2 aliphatic heterocycles. The summed E-state index contributed by atoms with van der Waals surface area (Å²) < 4.78 is 0. The molecule has 1 saturated carbocycles. The van der Waals surface area contributed by atoms with Gasteiger partial charge in [0.1, 0.15) is 0 Å². The standard InChI is InChI=1S/C20H29N3O/c24-15-17(14-16-8-2-1-3-9-16)21-18-19(22-10-4-5-11-22)20(18)23-12-6-7-13-23/h1-3,8-9,17,19-20,24H,4-7,10-15H2. The van der Waals surface area contributed by atoms with Gasteiger partial charge in [0.25, 0.3) is 0 Å². The van der Waals surface area contributed by atoms with Crippen molar-refractivity contribution in [2.75, 3.05) is 32.8 Å². The van der Waals surface area contributed by atoms with Crippen LogP contribution in [0.3, 0.4) is 0 Å². The van der Waals surface area contributed by atoms with E-state index in [0.29, 0.717) is 12.1 Å². The summed E-state index contributed by atoms with van der Waals surface area (Å²) in [6.45, 7) is 5.01. The molecule has 1 N–H and O–H groups in total. The van der Waals surface area contributed by atoms with Gasteiger partial charge >= 0.3 is 0 Å². The SMILES string of the molecule is OCC(Cc1ccccc1)N=C1C(N2CCCC2)C1N1CCCC1. The first-order valence-corrected chi connectivity index (χ1v) is 9.57. The Morgan fingerprint density at radius 2 is 1.46 bits per heavy atom. The molecule has 1 aliphatic carbocycles. The van der Waals surface area contributed by atoms with E-state index in [-0.39, 0.29) is 12.6 Å². The van der Waals surface area contributed by atoms with Crippen molar-refractivity contribution >= 4 is 5.71 Å². The molecular formula is C20H29N3O. The van der Waals surface area contributed by atoms with Crippen molar-refractivity contribution in [2.45, 2.75) is 50.2 Å². The number of hydrogen-bond donors (Lipinski definition) is 1. The molecule has 0 amide bonds. The quantitative estimate of drug-likeness (QED) is 0.868. The van der Waals surface area contributed by atoms with Crippen LogP contribution in [-0.4, -0.2) is 71.5 Å². The molecule has 3 unspecified atom stereocenters. The maximum atomic E-state index is 9.83. The Hall–Kier alpha value is -1.23. The molecule has 4 rings (SSSR count). The first kappa shape index (κ1) is 16.2. The van der Waals surface area contributed by atoms with Crippen molar-refractivity contribution < 1.29 is 5.11 Å². The molecule has 2 heterocycles. The highest BCUT2D eigenvalue weighted by Crippen LogP contribution is 2.35. The van der Waals surface area contributed by atoms with Crippen molar-refractivity contribution in [3.05, 3.63) is 35.9 Å². The Morgan fingerprint density at radius 1 is 0.917 bits per heavy atom. The summed E-state index contributed by atoms with van der Waals surface area (Å²) in [6, 6.07) is 11.5. The van der Waals surface area contributed by atoms with E-state index in [2.05, 4.69) is 34.1 Å². The average Bonchev–Trinajstić information content (AvgIpc) is 3.07. The van der Waals surface area contributed by atoms with Gasteiger partial charge in [0.15, 0.2) is 0 Å². The molecule has 0 radical (unpaired) electrons. The van der Waals surface area contributed by atoms with Gasteiger partial charge in [-0.25, -0.2) is 0 Å². The molecule has 3 atom stereocenters. The molecule has 4 nitrogen and oxygen atoms in total. The minimum absolute atomic E-state index is 0.0000983. The zero-order chi connectivity index (χ0) is 16.4. The number of aliphatic hydroxyl groups excluding tert-OH is 1. The number of benzene rings is 1. The summed E-state index contributed by atoms with van der Waals surface area (Å²) in [5.74, 6) is 0. The summed E-state index contributed by atoms with van der Waals surface area (Å²) in [4.78, 5) is 10.3. The smallest absolute Gasteiger partial charge is 0.0771 e. The van der Waals surface area contributed by atoms with Gasteiger partial charge < -0.3 is 5.11 Å². The molecule has 3 aliphatic rings. The van der Waals surface area contributed by atoms with E-state index in [1.807, 2.05) is 6.07 Å². The highest BCUT2D eigenvalue weighted by molar-refractivity contribution is 6.11. The van der Waals surface area contributed by atoms with Crippen LogP contribution in [0.1, 0.15) is 31.2 Å². The Kier molecular flexibility index (Phi) is 4.97. The van der Waals surface area contributed by atoms with Gasteiger partial charge in [-0.1, -0.05) is 30.3 Å². The van der Waals surface area contributed by atoms with Crippen molar-refractivity contribution in [3.63, 3.8) is 0 Å². The summed E-state index contributed by atoms with van der Waals surface area (Å²) >= 11 is 0. The molecule has 1 aromatic carbocycles. The lowest BCUT2D eigenvalue weighted by molar-refractivity contribution is 0.253. The number of likely N-dealkylation sites (tertiary alicyclic amines) is 2. The number of hydrogen-bond acceptors (Lipinski definition) is 4. The maximum Gasteiger partial charge on any atom is 0.0771 e. The first-order chi connectivity index (χ1) is 11.9. The Bertz CT molecular complexity index is 538. The fourth-order valence-corrected chi connectivity index (χ4v) is 4.44. The van der Waals surface area contributed by atoms with Crippen LogP contribution in [-0.2, 0) is 6.42 Å². The maximum absolute atomic E-state index is 9.83. The lowest BCUT2D eigenvalue weighted by Crippen LogP contribution is -2.31. The molecular weight excluding hydrogens is 298 g/mol. The Morgan fingerprint density at radius 3 is 1.96 bits per heavy atom. The highest BCUT2D eigenvalue weighted by atomic mass is 16.3. The molecule has 3 fully saturated rings. The van der Waals surface area contributed by atoms with Gasteiger partial charge in [-0.3, -0.25) is 14.8 Å². The molecule has 0 spiro atoms. The van der Waals surface area contributed by atoms with E-state index in [1.165, 1.54) is 63.1 Å². The number of rotatable bonds is 6. The van der Waals surface area contributed by atoms with Gasteiger partial charge in [0.2, 0.25) is 0 Å². The van der Waals surface area contributed by atoms with E-state index in [0.717, 1.165) is 6.42 Å². The van der Waals surface area contributed by atoms with Crippen LogP contribution in [0.4, 0.5) is 0 Å². The van der Waals surface area contributed by atoms with Gasteiger partial charge in [-0.2, -0.15) is 0 Å². The van der Waals surface area contributed by atoms with Crippen LogP contribution in [0, 0.1) is 0 Å². The third-order valence-electron chi connectivity index (χ3n) is 5.72. The molecule has 2 saturated heterocycles. The van der Waals surface area contributed by atoms with Crippen LogP contribution in [0.25, 0.3) is 0 Å². The fourth-order valence-electron chi connectivity index (χ4n) is 4.44. The molecule has 4 heteroatoms. The lowest BCUT2D eigenvalue weighted by Gasteiger charge is -2.17. The summed E-state index contributed by atoms with van der Waals surface area (Å²) in [7, 11) is 0.